The Hall–Kier alpha value is -0.870. The first-order chi connectivity index (χ1) is 11.9. The van der Waals surface area contributed by atoms with Crippen molar-refractivity contribution in [1.29, 1.82) is 0 Å². The fraction of sp³-hybridized carbons (Fsp3) is 0.864. The van der Waals surface area contributed by atoms with Crippen LogP contribution in [0.2, 0.25) is 0 Å². The smallest absolute Gasteiger partial charge is 0.303 e. The molecular formula is C22H36O4. The van der Waals surface area contributed by atoms with Gasteiger partial charge >= 0.3 is 5.97 Å². The van der Waals surface area contributed by atoms with Crippen LogP contribution in [0.5, 0.6) is 0 Å². The van der Waals surface area contributed by atoms with Gasteiger partial charge in [0.25, 0.3) is 0 Å². The predicted octanol–water partition coefficient (Wildman–Crippen LogP) is 4.40. The summed E-state index contributed by atoms with van der Waals surface area (Å²) < 4.78 is 11.4. The van der Waals surface area contributed by atoms with Crippen LogP contribution in [0.25, 0.3) is 0 Å². The topological polar surface area (TPSA) is 59.1 Å². The fourth-order valence-corrected chi connectivity index (χ4v) is 5.42. The number of carbonyl (C=O) groups is 1. The largest absolute Gasteiger partial charge is 0.460 e. The summed E-state index contributed by atoms with van der Waals surface area (Å²) in [6.07, 6.45) is 7.29. The Morgan fingerprint density at radius 1 is 1.42 bits per heavy atom. The van der Waals surface area contributed by atoms with E-state index in [2.05, 4.69) is 20.4 Å². The number of rotatable bonds is 5. The summed E-state index contributed by atoms with van der Waals surface area (Å²) in [6, 6.07) is 0. The maximum Gasteiger partial charge on any atom is 0.303 e. The lowest BCUT2D eigenvalue weighted by Crippen LogP contribution is -2.48. The normalized spacial score (nSPS) is 40.8. The molecule has 4 heteroatoms. The van der Waals surface area contributed by atoms with Crippen LogP contribution in [0.3, 0.4) is 0 Å². The lowest BCUT2D eigenvalue weighted by Gasteiger charge is -2.55. The van der Waals surface area contributed by atoms with Crippen molar-refractivity contribution < 1.29 is 19.4 Å². The number of fused-ring (bicyclic) bond motifs is 2. The molecule has 1 aliphatic heterocycles. The molecule has 2 saturated carbocycles. The number of aliphatic hydroxyl groups is 1. The number of epoxide rings is 1. The van der Waals surface area contributed by atoms with Crippen molar-refractivity contribution in [2.24, 2.45) is 17.3 Å². The van der Waals surface area contributed by atoms with Crippen molar-refractivity contribution in [2.45, 2.75) is 103 Å². The molecule has 0 aromatic heterocycles. The zero-order chi connectivity index (χ0) is 19.3. The second-order valence-corrected chi connectivity index (χ2v) is 10.0. The highest BCUT2D eigenvalue weighted by Gasteiger charge is 2.57. The summed E-state index contributed by atoms with van der Waals surface area (Å²) in [5.74, 6) is 0.916. The molecule has 3 fully saturated rings. The molecule has 4 nitrogen and oxygen atoms in total. The third-order valence-electron chi connectivity index (χ3n) is 7.38. The summed E-state index contributed by atoms with van der Waals surface area (Å²) >= 11 is 0. The maximum absolute atomic E-state index is 11.4. The molecule has 1 unspecified atom stereocenters. The average molecular weight is 365 g/mol. The van der Waals surface area contributed by atoms with Crippen LogP contribution in [0.15, 0.2) is 12.2 Å². The van der Waals surface area contributed by atoms with E-state index in [0.29, 0.717) is 24.4 Å². The summed E-state index contributed by atoms with van der Waals surface area (Å²) in [5.41, 5.74) is 0.683. The van der Waals surface area contributed by atoms with E-state index in [1.807, 2.05) is 0 Å². The summed E-state index contributed by atoms with van der Waals surface area (Å²) in [7, 11) is 0. The summed E-state index contributed by atoms with van der Waals surface area (Å²) in [6.45, 7) is 13.9. The number of ether oxygens (including phenoxy) is 2. The van der Waals surface area contributed by atoms with E-state index in [1.165, 1.54) is 18.9 Å². The van der Waals surface area contributed by atoms with Crippen molar-refractivity contribution in [3.63, 3.8) is 0 Å². The molecule has 2 aliphatic carbocycles. The highest BCUT2D eigenvalue weighted by molar-refractivity contribution is 5.66. The molecule has 3 aliphatic rings. The van der Waals surface area contributed by atoms with Gasteiger partial charge in [0.1, 0.15) is 6.10 Å². The van der Waals surface area contributed by atoms with E-state index in [-0.39, 0.29) is 17.0 Å². The molecule has 0 spiro atoms. The van der Waals surface area contributed by atoms with Gasteiger partial charge in [0, 0.05) is 6.92 Å². The van der Waals surface area contributed by atoms with Crippen molar-refractivity contribution >= 4 is 5.97 Å². The van der Waals surface area contributed by atoms with Gasteiger partial charge < -0.3 is 14.6 Å². The minimum Gasteiger partial charge on any atom is -0.460 e. The Kier molecular flexibility index (Phi) is 5.07. The second kappa shape index (κ2) is 6.63. The van der Waals surface area contributed by atoms with Crippen molar-refractivity contribution in [1.82, 2.24) is 0 Å². The minimum atomic E-state index is -1.02. The third-order valence-corrected chi connectivity index (χ3v) is 7.38. The van der Waals surface area contributed by atoms with E-state index in [0.717, 1.165) is 32.1 Å². The Bertz CT molecular complexity index is 577. The van der Waals surface area contributed by atoms with Gasteiger partial charge in [-0.2, -0.15) is 0 Å². The van der Waals surface area contributed by atoms with Gasteiger partial charge in [-0.25, -0.2) is 0 Å². The standard InChI is InChI=1S/C22H36O4/c1-14-7-8-19-22(6,26-19)12-9-17-16(14)13-21(17,5)11-10-18(20(3,4)24)25-15(2)23/h16-19,24H,1,7-13H2,2-6H3/t16-,17-,18?,19-,21-,22-/m1/s1. The van der Waals surface area contributed by atoms with Gasteiger partial charge in [-0.3, -0.25) is 4.79 Å². The highest BCUT2D eigenvalue weighted by Crippen LogP contribution is 2.61. The lowest BCUT2D eigenvalue weighted by atomic mass is 9.49. The summed E-state index contributed by atoms with van der Waals surface area (Å²) in [4.78, 5) is 11.4. The molecular weight excluding hydrogens is 328 g/mol. The van der Waals surface area contributed by atoms with Crippen LogP contribution < -0.4 is 0 Å². The number of carbonyl (C=O) groups excluding carboxylic acids is 1. The van der Waals surface area contributed by atoms with Gasteiger partial charge in [-0.05, 0) is 83.0 Å². The van der Waals surface area contributed by atoms with Crippen LogP contribution in [0.4, 0.5) is 0 Å². The maximum atomic E-state index is 11.4. The van der Waals surface area contributed by atoms with Crippen LogP contribution in [0.1, 0.15) is 79.6 Å². The van der Waals surface area contributed by atoms with E-state index in [4.69, 9.17) is 9.47 Å². The number of esters is 1. The second-order valence-electron chi connectivity index (χ2n) is 10.0. The molecule has 1 heterocycles. The SMILES string of the molecule is C=C1CC[C@H]2O[C@]2(C)CC[C@@H]2[C@@H]1C[C@@]2(C)CCC(OC(C)=O)C(C)(C)O. The molecule has 6 atom stereocenters. The monoisotopic (exact) mass is 364 g/mol. The molecule has 3 rings (SSSR count). The Morgan fingerprint density at radius 2 is 2.12 bits per heavy atom. The molecule has 0 bridgehead atoms. The molecule has 148 valence electrons. The molecule has 26 heavy (non-hydrogen) atoms. The Morgan fingerprint density at radius 3 is 2.73 bits per heavy atom. The van der Waals surface area contributed by atoms with Gasteiger partial charge in [0.05, 0.1) is 17.3 Å². The first kappa shape index (κ1) is 19.9. The third kappa shape index (κ3) is 3.87. The van der Waals surface area contributed by atoms with E-state index < -0.39 is 11.7 Å². The van der Waals surface area contributed by atoms with Crippen molar-refractivity contribution in [3.05, 3.63) is 12.2 Å². The van der Waals surface area contributed by atoms with Crippen LogP contribution in [-0.2, 0) is 14.3 Å². The number of hydrogen-bond acceptors (Lipinski definition) is 4. The molecule has 0 radical (unpaired) electrons. The van der Waals surface area contributed by atoms with Crippen molar-refractivity contribution in [3.8, 4) is 0 Å². The van der Waals surface area contributed by atoms with E-state index in [1.54, 1.807) is 13.8 Å². The van der Waals surface area contributed by atoms with Crippen LogP contribution in [-0.4, -0.2) is 34.5 Å². The zero-order valence-electron chi connectivity index (χ0n) is 17.1. The summed E-state index contributed by atoms with van der Waals surface area (Å²) in [5, 5.41) is 10.4. The molecule has 0 aromatic carbocycles. The lowest BCUT2D eigenvalue weighted by molar-refractivity contribution is -0.162. The highest BCUT2D eigenvalue weighted by atomic mass is 16.6. The van der Waals surface area contributed by atoms with Crippen LogP contribution in [0, 0.1) is 17.3 Å². The fourth-order valence-electron chi connectivity index (χ4n) is 5.42. The Labute approximate surface area is 158 Å². The average Bonchev–Trinajstić information content (AvgIpc) is 3.14. The predicted molar refractivity (Wildman–Crippen MR) is 102 cm³/mol. The van der Waals surface area contributed by atoms with Gasteiger partial charge in [0.15, 0.2) is 0 Å². The number of hydrogen-bond donors (Lipinski definition) is 1. The molecule has 0 aromatic rings. The first-order valence-corrected chi connectivity index (χ1v) is 10.2. The zero-order valence-corrected chi connectivity index (χ0v) is 17.1. The molecule has 0 amide bonds. The van der Waals surface area contributed by atoms with Crippen LogP contribution >= 0.6 is 0 Å². The Balaban J connectivity index is 1.65. The molecule has 1 saturated heterocycles. The number of allylic oxidation sites excluding steroid dienone is 1. The van der Waals surface area contributed by atoms with E-state index in [9.17, 15) is 9.90 Å². The van der Waals surface area contributed by atoms with E-state index >= 15 is 0 Å². The van der Waals surface area contributed by atoms with Crippen molar-refractivity contribution in [2.75, 3.05) is 0 Å². The van der Waals surface area contributed by atoms with Gasteiger partial charge in [-0.1, -0.05) is 19.1 Å². The first-order valence-electron chi connectivity index (χ1n) is 10.2. The molecule has 1 N–H and O–H groups in total. The van der Waals surface area contributed by atoms with Gasteiger partial charge in [0.2, 0.25) is 0 Å². The van der Waals surface area contributed by atoms with Gasteiger partial charge in [-0.15, -0.1) is 0 Å². The quantitative estimate of drug-likeness (QED) is 0.446. The minimum absolute atomic E-state index is 0.0824.